The second-order valence-electron chi connectivity index (χ2n) is 4.16. The van der Waals surface area contributed by atoms with Crippen LogP contribution in [0.4, 0.5) is 0 Å². The molecule has 0 radical (unpaired) electrons. The smallest absolute Gasteiger partial charge is 0.356 e. The van der Waals surface area contributed by atoms with Crippen molar-refractivity contribution in [3.8, 4) is 0 Å². The Kier molecular flexibility index (Phi) is 4.15. The van der Waals surface area contributed by atoms with Gasteiger partial charge in [-0.25, -0.2) is 19.7 Å². The maximum Gasteiger partial charge on any atom is 0.356 e. The van der Waals surface area contributed by atoms with E-state index in [1.807, 2.05) is 13.8 Å². The number of H-pyrrole nitrogens is 1. The van der Waals surface area contributed by atoms with Gasteiger partial charge in [-0.1, -0.05) is 11.6 Å². The van der Waals surface area contributed by atoms with Crippen LogP contribution in [0.2, 0.25) is 5.02 Å². The van der Waals surface area contributed by atoms with Crippen LogP contribution in [0.15, 0.2) is 27.1 Å². The molecule has 106 valence electrons. The molecule has 2 N–H and O–H groups in total. The third-order valence-corrected chi connectivity index (χ3v) is 3.62. The Labute approximate surface area is 123 Å². The summed E-state index contributed by atoms with van der Waals surface area (Å²) in [6.45, 7) is 3.69. The Bertz CT molecular complexity index is 710. The van der Waals surface area contributed by atoms with E-state index in [1.54, 1.807) is 6.07 Å². The standard InChI is InChI=1S/C11H11ClN4O3S/c1-5(2)16-10(19)14-15-11(16)20-7-4-3-6(12)8(13-7)9(17)18/h3-5H,1-2H3,(H,14,19)(H,17,18). The summed E-state index contributed by atoms with van der Waals surface area (Å²) in [7, 11) is 0. The maximum atomic E-state index is 11.6. The molecule has 0 fully saturated rings. The molecule has 2 aromatic rings. The van der Waals surface area contributed by atoms with Crippen LogP contribution in [-0.2, 0) is 0 Å². The summed E-state index contributed by atoms with van der Waals surface area (Å²) >= 11 is 6.84. The van der Waals surface area contributed by atoms with E-state index < -0.39 is 5.97 Å². The Hall–Kier alpha value is -1.80. The predicted molar refractivity (Wildman–Crippen MR) is 73.6 cm³/mol. The summed E-state index contributed by atoms with van der Waals surface area (Å²) in [5, 5.41) is 16.1. The van der Waals surface area contributed by atoms with Crippen molar-refractivity contribution in [1.29, 1.82) is 0 Å². The average molecular weight is 315 g/mol. The van der Waals surface area contributed by atoms with Crippen molar-refractivity contribution in [3.05, 3.63) is 33.3 Å². The van der Waals surface area contributed by atoms with Crippen LogP contribution in [0, 0.1) is 0 Å². The molecule has 20 heavy (non-hydrogen) atoms. The Morgan fingerprint density at radius 2 is 2.20 bits per heavy atom. The summed E-state index contributed by atoms with van der Waals surface area (Å²) in [5.74, 6) is -1.21. The number of rotatable bonds is 4. The number of halogens is 1. The third kappa shape index (κ3) is 2.86. The molecule has 2 heterocycles. The summed E-state index contributed by atoms with van der Waals surface area (Å²) in [6, 6.07) is 2.95. The number of aromatic nitrogens is 4. The van der Waals surface area contributed by atoms with Gasteiger partial charge in [0.05, 0.1) is 5.02 Å². The van der Waals surface area contributed by atoms with Crippen molar-refractivity contribution in [1.82, 2.24) is 19.7 Å². The number of aromatic amines is 1. The monoisotopic (exact) mass is 314 g/mol. The van der Waals surface area contributed by atoms with Crippen molar-refractivity contribution in [2.75, 3.05) is 0 Å². The molecular formula is C11H11ClN4O3S. The predicted octanol–water partition coefficient (Wildman–Crippen LogP) is 2.05. The van der Waals surface area contributed by atoms with Crippen LogP contribution in [0.3, 0.4) is 0 Å². The molecule has 2 aromatic heterocycles. The molecule has 0 aliphatic carbocycles. The van der Waals surface area contributed by atoms with Gasteiger partial charge in [-0.2, -0.15) is 0 Å². The highest BCUT2D eigenvalue weighted by atomic mass is 35.5. The van der Waals surface area contributed by atoms with E-state index in [1.165, 1.54) is 10.6 Å². The van der Waals surface area contributed by atoms with Gasteiger partial charge in [-0.15, -0.1) is 5.10 Å². The highest BCUT2D eigenvalue weighted by molar-refractivity contribution is 7.99. The molecule has 0 saturated heterocycles. The fourth-order valence-corrected chi connectivity index (χ4v) is 2.67. The molecule has 0 bridgehead atoms. The van der Waals surface area contributed by atoms with Gasteiger partial charge in [0.15, 0.2) is 10.9 Å². The molecule has 0 unspecified atom stereocenters. The minimum atomic E-state index is -1.21. The number of carboxylic acids is 1. The maximum absolute atomic E-state index is 11.6. The first kappa shape index (κ1) is 14.6. The van der Waals surface area contributed by atoms with Crippen molar-refractivity contribution in [3.63, 3.8) is 0 Å². The van der Waals surface area contributed by atoms with Crippen LogP contribution in [0.1, 0.15) is 30.4 Å². The van der Waals surface area contributed by atoms with Crippen LogP contribution >= 0.6 is 23.4 Å². The number of nitrogens with zero attached hydrogens (tertiary/aromatic N) is 3. The summed E-state index contributed by atoms with van der Waals surface area (Å²) in [5.41, 5.74) is -0.555. The molecule has 0 amide bonds. The van der Waals surface area contributed by atoms with E-state index in [0.717, 1.165) is 11.8 Å². The van der Waals surface area contributed by atoms with Crippen LogP contribution in [0.5, 0.6) is 0 Å². The van der Waals surface area contributed by atoms with Crippen molar-refractivity contribution >= 4 is 29.3 Å². The fraction of sp³-hybridized carbons (Fsp3) is 0.273. The molecule has 0 saturated carbocycles. The number of carbonyl (C=O) groups is 1. The van der Waals surface area contributed by atoms with E-state index in [2.05, 4.69) is 15.2 Å². The lowest BCUT2D eigenvalue weighted by molar-refractivity contribution is 0.0690. The Morgan fingerprint density at radius 1 is 1.50 bits per heavy atom. The number of hydrogen-bond donors (Lipinski definition) is 2. The SMILES string of the molecule is CC(C)n1c(Sc2ccc(Cl)c(C(=O)O)n2)n[nH]c1=O. The first-order valence-corrected chi connectivity index (χ1v) is 6.84. The summed E-state index contributed by atoms with van der Waals surface area (Å²) in [6.07, 6.45) is 0. The van der Waals surface area contributed by atoms with Crippen molar-refractivity contribution in [2.45, 2.75) is 30.1 Å². The van der Waals surface area contributed by atoms with E-state index in [0.29, 0.717) is 10.2 Å². The average Bonchev–Trinajstić information content (AvgIpc) is 2.72. The Balaban J connectivity index is 2.38. The highest BCUT2D eigenvalue weighted by Gasteiger charge is 2.16. The van der Waals surface area contributed by atoms with Crippen molar-refractivity contribution < 1.29 is 9.90 Å². The first-order chi connectivity index (χ1) is 9.40. The number of hydrogen-bond acceptors (Lipinski definition) is 5. The van der Waals surface area contributed by atoms with Crippen LogP contribution in [0.25, 0.3) is 0 Å². The van der Waals surface area contributed by atoms with Gasteiger partial charge in [0.1, 0.15) is 5.03 Å². The van der Waals surface area contributed by atoms with E-state index in [4.69, 9.17) is 16.7 Å². The molecule has 0 aliphatic heterocycles. The van der Waals surface area contributed by atoms with Gasteiger partial charge in [0, 0.05) is 6.04 Å². The first-order valence-electron chi connectivity index (χ1n) is 5.64. The lowest BCUT2D eigenvalue weighted by atomic mass is 10.3. The van der Waals surface area contributed by atoms with Crippen LogP contribution < -0.4 is 5.69 Å². The summed E-state index contributed by atoms with van der Waals surface area (Å²) in [4.78, 5) is 26.5. The molecule has 0 atom stereocenters. The molecule has 2 rings (SSSR count). The number of carboxylic acid groups (broad SMARTS) is 1. The summed E-state index contributed by atoms with van der Waals surface area (Å²) < 4.78 is 1.46. The minimum absolute atomic E-state index is 0.0603. The highest BCUT2D eigenvalue weighted by Crippen LogP contribution is 2.27. The quantitative estimate of drug-likeness (QED) is 0.895. The number of aromatic carboxylic acids is 1. The lowest BCUT2D eigenvalue weighted by Crippen LogP contribution is -2.19. The third-order valence-electron chi connectivity index (χ3n) is 2.41. The zero-order chi connectivity index (χ0) is 14.9. The van der Waals surface area contributed by atoms with E-state index in [9.17, 15) is 9.59 Å². The van der Waals surface area contributed by atoms with Gasteiger partial charge < -0.3 is 5.11 Å². The zero-order valence-electron chi connectivity index (χ0n) is 10.6. The minimum Gasteiger partial charge on any atom is -0.476 e. The zero-order valence-corrected chi connectivity index (χ0v) is 12.2. The topological polar surface area (TPSA) is 101 Å². The molecular weight excluding hydrogens is 304 g/mol. The second-order valence-corrected chi connectivity index (χ2v) is 5.56. The van der Waals surface area contributed by atoms with Gasteiger partial charge in [0.25, 0.3) is 0 Å². The molecule has 0 aromatic carbocycles. The van der Waals surface area contributed by atoms with Gasteiger partial charge in [-0.3, -0.25) is 4.57 Å². The lowest BCUT2D eigenvalue weighted by Gasteiger charge is -2.08. The molecule has 0 aliphatic rings. The van der Waals surface area contributed by atoms with Crippen LogP contribution in [-0.4, -0.2) is 30.8 Å². The van der Waals surface area contributed by atoms with Gasteiger partial charge >= 0.3 is 11.7 Å². The fourth-order valence-electron chi connectivity index (χ4n) is 1.54. The second kappa shape index (κ2) is 5.68. The number of nitrogens with one attached hydrogen (secondary N) is 1. The van der Waals surface area contributed by atoms with E-state index >= 15 is 0 Å². The van der Waals surface area contributed by atoms with Gasteiger partial charge in [0.2, 0.25) is 0 Å². The molecule has 9 heteroatoms. The normalized spacial score (nSPS) is 11.0. The molecule has 7 nitrogen and oxygen atoms in total. The van der Waals surface area contributed by atoms with Crippen molar-refractivity contribution in [2.24, 2.45) is 0 Å². The van der Waals surface area contributed by atoms with E-state index in [-0.39, 0.29) is 22.4 Å². The Morgan fingerprint density at radius 3 is 2.80 bits per heavy atom. The van der Waals surface area contributed by atoms with Gasteiger partial charge in [-0.05, 0) is 37.7 Å². The number of pyridine rings is 1. The largest absolute Gasteiger partial charge is 0.476 e. The molecule has 0 spiro atoms.